The van der Waals surface area contributed by atoms with E-state index < -0.39 is 34.4 Å². The van der Waals surface area contributed by atoms with Gasteiger partial charge in [-0.25, -0.2) is 8.42 Å². The Labute approximate surface area is 251 Å². The summed E-state index contributed by atoms with van der Waals surface area (Å²) in [4.78, 5) is 28.3. The number of methoxy groups -OCH3 is 2. The Balaban J connectivity index is 2.10. The van der Waals surface area contributed by atoms with Crippen molar-refractivity contribution in [2.24, 2.45) is 0 Å². The number of sulfonamides is 1. The summed E-state index contributed by atoms with van der Waals surface area (Å²) in [5, 5.41) is 3.53. The SMILES string of the molecule is COc1ccc(N(CC(=O)N(Cc2ccc(Cl)cc2Cl)[C@@H](C)C(=O)NC(C)C)S(=O)(=O)c2ccccc2)cc1OC. The molecule has 41 heavy (non-hydrogen) atoms. The monoisotopic (exact) mass is 621 g/mol. The topological polar surface area (TPSA) is 105 Å². The van der Waals surface area contributed by atoms with Crippen LogP contribution in [0, 0.1) is 0 Å². The van der Waals surface area contributed by atoms with Crippen LogP contribution in [0.3, 0.4) is 0 Å². The second-order valence-electron chi connectivity index (χ2n) is 9.46. The highest BCUT2D eigenvalue weighted by atomic mass is 35.5. The van der Waals surface area contributed by atoms with Crippen LogP contribution in [0.4, 0.5) is 5.69 Å². The van der Waals surface area contributed by atoms with Gasteiger partial charge in [0, 0.05) is 28.7 Å². The second kappa shape index (κ2) is 13.9. The first-order chi connectivity index (χ1) is 19.4. The lowest BCUT2D eigenvalue weighted by molar-refractivity contribution is -0.139. The maximum absolute atomic E-state index is 14.0. The van der Waals surface area contributed by atoms with E-state index in [0.717, 1.165) is 4.31 Å². The van der Waals surface area contributed by atoms with Gasteiger partial charge in [-0.2, -0.15) is 0 Å². The van der Waals surface area contributed by atoms with Crippen molar-refractivity contribution < 1.29 is 27.5 Å². The molecule has 0 aromatic heterocycles. The molecule has 0 aliphatic carbocycles. The highest BCUT2D eigenvalue weighted by Crippen LogP contribution is 2.34. The summed E-state index contributed by atoms with van der Waals surface area (Å²) in [6.07, 6.45) is 0. The van der Waals surface area contributed by atoms with Crippen LogP contribution >= 0.6 is 23.2 Å². The summed E-state index contributed by atoms with van der Waals surface area (Å²) in [6.45, 7) is 4.51. The summed E-state index contributed by atoms with van der Waals surface area (Å²) in [7, 11) is -1.35. The fourth-order valence-electron chi connectivity index (χ4n) is 4.05. The molecule has 0 aliphatic heterocycles. The third-order valence-corrected chi connectivity index (χ3v) is 8.59. The lowest BCUT2D eigenvalue weighted by Gasteiger charge is -2.32. The molecule has 0 heterocycles. The van der Waals surface area contributed by atoms with Crippen molar-refractivity contribution in [1.29, 1.82) is 0 Å². The summed E-state index contributed by atoms with van der Waals surface area (Å²) in [6, 6.07) is 16.0. The van der Waals surface area contributed by atoms with Gasteiger partial charge in [0.2, 0.25) is 11.8 Å². The standard InChI is InChI=1S/C29H33Cl2N3O6S/c1-19(2)32-29(36)20(3)33(17-21-11-12-22(30)15-25(21)31)28(35)18-34(41(37,38)24-9-7-6-8-10-24)23-13-14-26(39-4)27(16-23)40-5/h6-16,19-20H,17-18H2,1-5H3,(H,32,36)/t20-/m0/s1. The number of benzene rings is 3. The number of hydrogen-bond donors (Lipinski definition) is 1. The minimum absolute atomic E-state index is 0.0134. The summed E-state index contributed by atoms with van der Waals surface area (Å²) in [5.74, 6) is -0.364. The third-order valence-electron chi connectivity index (χ3n) is 6.22. The first-order valence-electron chi connectivity index (χ1n) is 12.7. The number of carbonyl (C=O) groups excluding carboxylic acids is 2. The Morgan fingerprint density at radius 2 is 1.56 bits per heavy atom. The Kier molecular flexibility index (Phi) is 10.9. The van der Waals surface area contributed by atoms with Crippen molar-refractivity contribution in [3.05, 3.63) is 82.3 Å². The van der Waals surface area contributed by atoms with Gasteiger partial charge >= 0.3 is 0 Å². The van der Waals surface area contributed by atoms with Gasteiger partial charge in [-0.15, -0.1) is 0 Å². The van der Waals surface area contributed by atoms with Crippen LogP contribution in [0.15, 0.2) is 71.6 Å². The fraction of sp³-hybridized carbons (Fsp3) is 0.310. The number of halogens is 2. The molecule has 1 N–H and O–H groups in total. The number of amides is 2. The Morgan fingerprint density at radius 3 is 2.15 bits per heavy atom. The van der Waals surface area contributed by atoms with Gasteiger partial charge in [-0.1, -0.05) is 47.5 Å². The Morgan fingerprint density at radius 1 is 0.902 bits per heavy atom. The maximum atomic E-state index is 14.0. The Hall–Kier alpha value is -3.47. The number of carbonyl (C=O) groups is 2. The van der Waals surface area contributed by atoms with E-state index in [1.165, 1.54) is 49.5 Å². The second-order valence-corrected chi connectivity index (χ2v) is 12.2. The molecule has 9 nitrogen and oxygen atoms in total. The van der Waals surface area contributed by atoms with E-state index in [0.29, 0.717) is 21.4 Å². The molecule has 1 atom stereocenters. The number of ether oxygens (including phenoxy) is 2. The van der Waals surface area contributed by atoms with Crippen molar-refractivity contribution in [1.82, 2.24) is 10.2 Å². The van der Waals surface area contributed by atoms with Crippen molar-refractivity contribution in [2.45, 2.75) is 44.3 Å². The van der Waals surface area contributed by atoms with Crippen LogP contribution < -0.4 is 19.1 Å². The van der Waals surface area contributed by atoms with Crippen LogP contribution in [0.2, 0.25) is 10.0 Å². The van der Waals surface area contributed by atoms with E-state index in [4.69, 9.17) is 32.7 Å². The van der Waals surface area contributed by atoms with E-state index in [2.05, 4.69) is 5.32 Å². The number of rotatable bonds is 12. The number of anilines is 1. The molecule has 0 unspecified atom stereocenters. The summed E-state index contributed by atoms with van der Waals surface area (Å²) < 4.78 is 39.5. The van der Waals surface area contributed by atoms with E-state index in [1.807, 2.05) is 0 Å². The molecule has 220 valence electrons. The summed E-state index contributed by atoms with van der Waals surface area (Å²) >= 11 is 12.5. The van der Waals surface area contributed by atoms with Gasteiger partial charge < -0.3 is 19.7 Å². The number of nitrogens with one attached hydrogen (secondary N) is 1. The molecule has 3 rings (SSSR count). The zero-order valence-corrected chi connectivity index (χ0v) is 25.8. The quantitative estimate of drug-likeness (QED) is 0.300. The molecule has 0 saturated carbocycles. The molecule has 0 saturated heterocycles. The van der Waals surface area contributed by atoms with Gasteiger partial charge in [0.1, 0.15) is 12.6 Å². The molecule has 0 aliphatic rings. The van der Waals surface area contributed by atoms with Crippen molar-refractivity contribution in [3.8, 4) is 11.5 Å². The number of hydrogen-bond acceptors (Lipinski definition) is 6. The van der Waals surface area contributed by atoms with Gasteiger partial charge in [-0.05, 0) is 62.7 Å². The predicted molar refractivity (Wildman–Crippen MR) is 160 cm³/mol. The van der Waals surface area contributed by atoms with E-state index in [9.17, 15) is 18.0 Å². The molecule has 3 aromatic carbocycles. The molecular weight excluding hydrogens is 589 g/mol. The van der Waals surface area contributed by atoms with Crippen LogP contribution in [0.25, 0.3) is 0 Å². The summed E-state index contributed by atoms with van der Waals surface area (Å²) in [5.41, 5.74) is 0.709. The largest absolute Gasteiger partial charge is 0.493 e. The Bertz CT molecular complexity index is 1490. The van der Waals surface area contributed by atoms with E-state index in [-0.39, 0.29) is 28.9 Å². The van der Waals surface area contributed by atoms with Crippen LogP contribution in [0.5, 0.6) is 11.5 Å². The molecule has 0 radical (unpaired) electrons. The smallest absolute Gasteiger partial charge is 0.264 e. The lowest BCUT2D eigenvalue weighted by atomic mass is 10.1. The minimum Gasteiger partial charge on any atom is -0.493 e. The fourth-order valence-corrected chi connectivity index (χ4v) is 5.94. The third kappa shape index (κ3) is 7.84. The lowest BCUT2D eigenvalue weighted by Crippen LogP contribution is -2.52. The molecule has 3 aromatic rings. The van der Waals surface area contributed by atoms with Gasteiger partial charge in [0.05, 0.1) is 24.8 Å². The molecule has 0 bridgehead atoms. The average Bonchev–Trinajstić information content (AvgIpc) is 2.94. The normalized spacial score (nSPS) is 12.0. The van der Waals surface area contributed by atoms with Crippen molar-refractivity contribution in [3.63, 3.8) is 0 Å². The van der Waals surface area contributed by atoms with Crippen LogP contribution in [0.1, 0.15) is 26.3 Å². The predicted octanol–water partition coefficient (Wildman–Crippen LogP) is 5.15. The maximum Gasteiger partial charge on any atom is 0.264 e. The van der Waals surface area contributed by atoms with Gasteiger partial charge in [0.15, 0.2) is 11.5 Å². The van der Waals surface area contributed by atoms with Gasteiger partial charge in [-0.3, -0.25) is 13.9 Å². The molecule has 2 amide bonds. The molecule has 12 heteroatoms. The average molecular weight is 623 g/mol. The van der Waals surface area contributed by atoms with Crippen LogP contribution in [-0.4, -0.2) is 58.0 Å². The zero-order valence-electron chi connectivity index (χ0n) is 23.4. The number of nitrogens with zero attached hydrogens (tertiary/aromatic N) is 2. The van der Waals surface area contributed by atoms with Crippen LogP contribution in [-0.2, 0) is 26.2 Å². The minimum atomic E-state index is -4.23. The zero-order chi connectivity index (χ0) is 30.3. The van der Waals surface area contributed by atoms with E-state index in [1.54, 1.807) is 57.2 Å². The molecular formula is C29H33Cl2N3O6S. The van der Waals surface area contributed by atoms with Crippen molar-refractivity contribution in [2.75, 3.05) is 25.1 Å². The highest BCUT2D eigenvalue weighted by Gasteiger charge is 2.33. The first-order valence-corrected chi connectivity index (χ1v) is 14.9. The molecule has 0 fully saturated rings. The first kappa shape index (κ1) is 32.0. The van der Waals surface area contributed by atoms with Crippen molar-refractivity contribution >= 4 is 50.7 Å². The molecule has 0 spiro atoms. The highest BCUT2D eigenvalue weighted by molar-refractivity contribution is 7.92. The van der Waals surface area contributed by atoms with Gasteiger partial charge in [0.25, 0.3) is 10.0 Å². The van der Waals surface area contributed by atoms with E-state index >= 15 is 0 Å².